The number of rotatable bonds is 7. The van der Waals surface area contributed by atoms with Crippen molar-refractivity contribution in [3.63, 3.8) is 0 Å². The molecule has 0 aromatic heterocycles. The van der Waals surface area contributed by atoms with Gasteiger partial charge in [0.05, 0.1) is 6.04 Å². The smallest absolute Gasteiger partial charge is 0.341 e. The summed E-state index contributed by atoms with van der Waals surface area (Å²) < 4.78 is 19.5. The number of ether oxygens (including phenoxy) is 1. The number of carboxylic acid groups (broad SMARTS) is 1. The molecular weight excluding hydrogens is 349 g/mol. The minimum Gasteiger partial charge on any atom is -0.482 e. The molecule has 27 heavy (non-hydrogen) atoms. The number of carbonyl (C=O) groups excluding carboxylic acids is 1. The van der Waals surface area contributed by atoms with Crippen LogP contribution >= 0.6 is 0 Å². The van der Waals surface area contributed by atoms with Crippen LogP contribution in [0.4, 0.5) is 4.39 Å². The molecule has 1 fully saturated rings. The molecule has 5 nitrogen and oxygen atoms in total. The molecule has 1 aliphatic carbocycles. The van der Waals surface area contributed by atoms with Crippen LogP contribution in [0.25, 0.3) is 0 Å². The predicted molar refractivity (Wildman–Crippen MR) is 98.1 cm³/mol. The van der Waals surface area contributed by atoms with Crippen molar-refractivity contribution in [2.75, 3.05) is 6.61 Å². The van der Waals surface area contributed by atoms with Crippen molar-refractivity contribution in [2.24, 2.45) is 5.92 Å². The number of benzene rings is 2. The maximum absolute atomic E-state index is 14.4. The lowest BCUT2D eigenvalue weighted by molar-refractivity contribution is -0.139. The highest BCUT2D eigenvalue weighted by atomic mass is 19.1. The van der Waals surface area contributed by atoms with Gasteiger partial charge >= 0.3 is 5.97 Å². The summed E-state index contributed by atoms with van der Waals surface area (Å²) in [5.41, 5.74) is 0.841. The van der Waals surface area contributed by atoms with Gasteiger partial charge in [-0.25, -0.2) is 9.18 Å². The van der Waals surface area contributed by atoms with Gasteiger partial charge in [0, 0.05) is 11.1 Å². The van der Waals surface area contributed by atoms with E-state index >= 15 is 0 Å². The van der Waals surface area contributed by atoms with Gasteiger partial charge in [-0.3, -0.25) is 4.79 Å². The molecule has 2 aromatic rings. The fourth-order valence-corrected chi connectivity index (χ4v) is 3.56. The van der Waals surface area contributed by atoms with Crippen LogP contribution in [0.15, 0.2) is 48.5 Å². The number of hydrogen-bond donors (Lipinski definition) is 2. The third kappa shape index (κ3) is 4.84. The van der Waals surface area contributed by atoms with Crippen molar-refractivity contribution in [3.8, 4) is 5.75 Å². The quantitative estimate of drug-likeness (QED) is 0.773. The van der Waals surface area contributed by atoms with E-state index in [2.05, 4.69) is 5.32 Å². The van der Waals surface area contributed by atoms with Crippen molar-refractivity contribution in [1.29, 1.82) is 0 Å². The Morgan fingerprint density at radius 1 is 1.15 bits per heavy atom. The van der Waals surface area contributed by atoms with Crippen LogP contribution in [0.1, 0.15) is 47.6 Å². The first kappa shape index (κ1) is 18.9. The summed E-state index contributed by atoms with van der Waals surface area (Å²) in [6, 6.07) is 12.5. The van der Waals surface area contributed by atoms with Gasteiger partial charge < -0.3 is 15.2 Å². The first-order valence-corrected chi connectivity index (χ1v) is 9.04. The molecule has 0 saturated heterocycles. The van der Waals surface area contributed by atoms with Crippen LogP contribution < -0.4 is 10.1 Å². The molecular formula is C21H22FNO4. The van der Waals surface area contributed by atoms with E-state index in [0.717, 1.165) is 25.7 Å². The molecule has 6 heteroatoms. The highest BCUT2D eigenvalue weighted by Gasteiger charge is 2.29. The lowest BCUT2D eigenvalue weighted by Gasteiger charge is -2.25. The minimum absolute atomic E-state index is 0.192. The number of carbonyl (C=O) groups is 2. The number of hydrogen-bond acceptors (Lipinski definition) is 3. The van der Waals surface area contributed by atoms with Crippen LogP contribution in [0.2, 0.25) is 0 Å². The molecule has 142 valence electrons. The fourth-order valence-electron chi connectivity index (χ4n) is 3.56. The van der Waals surface area contributed by atoms with E-state index in [9.17, 15) is 14.0 Å². The van der Waals surface area contributed by atoms with Crippen LogP contribution in [0.3, 0.4) is 0 Å². The maximum atomic E-state index is 14.4. The molecule has 2 N–H and O–H groups in total. The molecule has 1 saturated carbocycles. The van der Waals surface area contributed by atoms with Gasteiger partial charge in [0.2, 0.25) is 0 Å². The Hall–Kier alpha value is -2.89. The first-order chi connectivity index (χ1) is 13.0. The average Bonchev–Trinajstić information content (AvgIpc) is 3.20. The lowest BCUT2D eigenvalue weighted by atomic mass is 9.91. The van der Waals surface area contributed by atoms with Crippen molar-refractivity contribution in [1.82, 2.24) is 5.32 Å². The SMILES string of the molecule is O=C(O)COc1cccc(C(=O)NC(c2ccccc2F)C2CCCC2)c1. The van der Waals surface area contributed by atoms with Gasteiger partial charge in [-0.15, -0.1) is 0 Å². The van der Waals surface area contributed by atoms with Crippen molar-refractivity contribution >= 4 is 11.9 Å². The monoisotopic (exact) mass is 371 g/mol. The van der Waals surface area contributed by atoms with Gasteiger partial charge in [-0.2, -0.15) is 0 Å². The standard InChI is InChI=1S/C21H22FNO4/c22-18-11-4-3-10-17(18)20(14-6-1-2-7-14)23-21(26)15-8-5-9-16(12-15)27-13-19(24)25/h3-5,8-12,14,20H,1-2,6-7,13H2,(H,23,26)(H,24,25). The zero-order chi connectivity index (χ0) is 19.2. The Labute approximate surface area is 157 Å². The zero-order valence-electron chi connectivity index (χ0n) is 14.9. The number of aliphatic carboxylic acids is 1. The molecule has 1 aliphatic rings. The molecule has 0 radical (unpaired) electrons. The van der Waals surface area contributed by atoms with Crippen molar-refractivity contribution < 1.29 is 23.8 Å². The van der Waals surface area contributed by atoms with Crippen LogP contribution in [-0.2, 0) is 4.79 Å². The van der Waals surface area contributed by atoms with Crippen LogP contribution in [0.5, 0.6) is 5.75 Å². The summed E-state index contributed by atoms with van der Waals surface area (Å²) in [5.74, 6) is -1.26. The molecule has 0 aliphatic heterocycles. The van der Waals surface area contributed by atoms with Gasteiger partial charge in [0.1, 0.15) is 11.6 Å². The molecule has 0 heterocycles. The topological polar surface area (TPSA) is 75.6 Å². The second kappa shape index (κ2) is 8.66. The van der Waals surface area contributed by atoms with Gasteiger partial charge in [0.15, 0.2) is 6.61 Å². The highest BCUT2D eigenvalue weighted by molar-refractivity contribution is 5.94. The van der Waals surface area contributed by atoms with Crippen molar-refractivity contribution in [3.05, 3.63) is 65.5 Å². The molecule has 1 atom stereocenters. The van der Waals surface area contributed by atoms with Crippen LogP contribution in [0, 0.1) is 11.7 Å². The Morgan fingerprint density at radius 3 is 2.59 bits per heavy atom. The number of carboxylic acids is 1. The van der Waals surface area contributed by atoms with E-state index in [0.29, 0.717) is 16.9 Å². The molecule has 2 aromatic carbocycles. The summed E-state index contributed by atoms with van der Waals surface area (Å²) in [6.07, 6.45) is 4.04. The normalized spacial score (nSPS) is 15.3. The Bertz CT molecular complexity index is 817. The van der Waals surface area contributed by atoms with Gasteiger partial charge in [-0.1, -0.05) is 37.1 Å². The van der Waals surface area contributed by atoms with E-state index in [1.165, 1.54) is 12.1 Å². The highest BCUT2D eigenvalue weighted by Crippen LogP contribution is 2.36. The Balaban J connectivity index is 1.79. The Morgan fingerprint density at radius 2 is 1.89 bits per heavy atom. The van der Waals surface area contributed by atoms with Crippen molar-refractivity contribution in [2.45, 2.75) is 31.7 Å². The van der Waals surface area contributed by atoms with Gasteiger partial charge in [0.25, 0.3) is 5.91 Å². The van der Waals surface area contributed by atoms with Gasteiger partial charge in [-0.05, 0) is 43.0 Å². The molecule has 1 unspecified atom stereocenters. The minimum atomic E-state index is -1.09. The molecule has 1 amide bonds. The zero-order valence-corrected chi connectivity index (χ0v) is 14.9. The summed E-state index contributed by atoms with van der Waals surface area (Å²) >= 11 is 0. The van der Waals surface area contributed by atoms with Crippen LogP contribution in [-0.4, -0.2) is 23.6 Å². The Kier molecular flexibility index (Phi) is 6.06. The fraction of sp³-hybridized carbons (Fsp3) is 0.333. The number of amides is 1. The second-order valence-corrected chi connectivity index (χ2v) is 6.73. The second-order valence-electron chi connectivity index (χ2n) is 6.73. The van der Waals surface area contributed by atoms with E-state index in [4.69, 9.17) is 9.84 Å². The lowest BCUT2D eigenvalue weighted by Crippen LogP contribution is -2.33. The molecule has 0 bridgehead atoms. The number of halogens is 1. The van der Waals surface area contributed by atoms with E-state index in [1.54, 1.807) is 36.4 Å². The molecule has 3 rings (SSSR count). The van der Waals surface area contributed by atoms with E-state index in [1.807, 2.05) is 0 Å². The third-order valence-electron chi connectivity index (χ3n) is 4.86. The summed E-state index contributed by atoms with van der Waals surface area (Å²) in [5, 5.41) is 11.7. The first-order valence-electron chi connectivity index (χ1n) is 9.04. The van der Waals surface area contributed by atoms with E-state index in [-0.39, 0.29) is 17.6 Å². The largest absolute Gasteiger partial charge is 0.482 e. The number of nitrogens with one attached hydrogen (secondary N) is 1. The summed E-state index contributed by atoms with van der Waals surface area (Å²) in [4.78, 5) is 23.4. The third-order valence-corrected chi connectivity index (χ3v) is 4.86. The van der Waals surface area contributed by atoms with E-state index < -0.39 is 18.6 Å². The summed E-state index contributed by atoms with van der Waals surface area (Å²) in [7, 11) is 0. The molecule has 0 spiro atoms. The summed E-state index contributed by atoms with van der Waals surface area (Å²) in [6.45, 7) is -0.481. The predicted octanol–water partition coefficient (Wildman–Crippen LogP) is 3.95. The maximum Gasteiger partial charge on any atom is 0.341 e. The average molecular weight is 371 g/mol.